The molecule has 0 heterocycles. The molecule has 0 spiro atoms. The van der Waals surface area contributed by atoms with Gasteiger partial charge in [0.2, 0.25) is 0 Å². The van der Waals surface area contributed by atoms with Crippen LogP contribution in [0.5, 0.6) is 0 Å². The van der Waals surface area contributed by atoms with Gasteiger partial charge in [0.05, 0.1) is 0 Å². The topological polar surface area (TPSA) is 0 Å². The van der Waals surface area contributed by atoms with Crippen molar-refractivity contribution in [2.24, 2.45) is 0 Å². The Labute approximate surface area is 92.6 Å². The van der Waals surface area contributed by atoms with E-state index in [-0.39, 0.29) is 0 Å². The van der Waals surface area contributed by atoms with E-state index in [2.05, 4.69) is 51.4 Å². The minimum Gasteiger partial charge on any atom is -0.0885 e. The van der Waals surface area contributed by atoms with Gasteiger partial charge in [-0.15, -0.1) is 0 Å². The van der Waals surface area contributed by atoms with Gasteiger partial charge in [-0.05, 0) is 25.7 Å². The molecule has 0 saturated heterocycles. The smallest absolute Gasteiger partial charge is 0.0379 e. The third kappa shape index (κ3) is 6.60. The first-order valence-corrected chi connectivity index (χ1v) is 13.9. The summed E-state index contributed by atoms with van der Waals surface area (Å²) in [6, 6.07) is 0. The first-order valence-electron chi connectivity index (χ1n) is 5.90. The van der Waals surface area contributed by atoms with Crippen molar-refractivity contribution < 1.29 is 0 Å². The zero-order chi connectivity index (χ0) is 11.2. The highest BCUT2D eigenvalue weighted by Crippen LogP contribution is 2.17. The molecule has 0 fully saturated rings. The van der Waals surface area contributed by atoms with Gasteiger partial charge < -0.3 is 0 Å². The number of hydrogen-bond acceptors (Lipinski definition) is 0. The van der Waals surface area contributed by atoms with Crippen LogP contribution in [0.3, 0.4) is 0 Å². The molecular weight excluding hydrogens is 200 g/mol. The maximum absolute atomic E-state index is 2.47. The lowest BCUT2D eigenvalue weighted by atomic mass is 10.1. The molecule has 0 nitrogen and oxygen atoms in total. The largest absolute Gasteiger partial charge is 0.0885 e. The lowest BCUT2D eigenvalue weighted by Crippen LogP contribution is -2.49. The van der Waals surface area contributed by atoms with Gasteiger partial charge in [-0.1, -0.05) is 51.4 Å². The van der Waals surface area contributed by atoms with Gasteiger partial charge in [0.1, 0.15) is 0 Å². The second kappa shape index (κ2) is 5.91. The Bertz CT molecular complexity index is 150. The molecular formula is C12H28Si2. The fraction of sp³-hybridized carbons (Fsp3) is 0.833. The molecule has 2 heteroatoms. The molecule has 1 rings (SSSR count). The van der Waals surface area contributed by atoms with Crippen LogP contribution < -0.4 is 0 Å². The van der Waals surface area contributed by atoms with E-state index in [9.17, 15) is 0 Å². The highest BCUT2D eigenvalue weighted by molar-refractivity contribution is 7.39. The van der Waals surface area contributed by atoms with Crippen LogP contribution in [0.4, 0.5) is 0 Å². The van der Waals surface area contributed by atoms with Crippen molar-refractivity contribution >= 4 is 15.2 Å². The summed E-state index contributed by atoms with van der Waals surface area (Å²) in [7, 11) is -1.44. The quantitative estimate of drug-likeness (QED) is 0.444. The fourth-order valence-corrected chi connectivity index (χ4v) is 0.760. The lowest BCUT2D eigenvalue weighted by molar-refractivity contribution is 0.730. The second-order valence-electron chi connectivity index (χ2n) is 6.26. The molecule has 0 unspecified atom stereocenters. The van der Waals surface area contributed by atoms with Crippen LogP contribution in [-0.2, 0) is 0 Å². The summed E-state index contributed by atoms with van der Waals surface area (Å²) < 4.78 is 0. The summed E-state index contributed by atoms with van der Waals surface area (Å²) in [5.41, 5.74) is 0. The van der Waals surface area contributed by atoms with E-state index in [1.54, 1.807) is 0 Å². The van der Waals surface area contributed by atoms with Crippen LogP contribution in [0.25, 0.3) is 0 Å². The van der Waals surface area contributed by atoms with Crippen LogP contribution >= 0.6 is 0 Å². The molecule has 0 aliphatic heterocycles. The Morgan fingerprint density at radius 2 is 0.929 bits per heavy atom. The van der Waals surface area contributed by atoms with Crippen molar-refractivity contribution in [2.45, 2.75) is 65.0 Å². The van der Waals surface area contributed by atoms with Crippen LogP contribution in [0, 0.1) is 0 Å². The summed E-state index contributed by atoms with van der Waals surface area (Å²) in [6.07, 6.45) is 10.0. The molecule has 1 aliphatic carbocycles. The van der Waals surface area contributed by atoms with E-state index in [4.69, 9.17) is 0 Å². The molecule has 0 aromatic heterocycles. The summed E-state index contributed by atoms with van der Waals surface area (Å²) in [5, 5.41) is 0. The zero-order valence-electron chi connectivity index (χ0n) is 11.0. The molecule has 0 aromatic rings. The molecule has 0 N–H and O–H groups in total. The molecule has 1 aliphatic rings. The molecule has 0 radical (unpaired) electrons. The minimum atomic E-state index is -0.720. The predicted molar refractivity (Wildman–Crippen MR) is 74.3 cm³/mol. The standard InChI is InChI=1S/C6H18Si2.C6H10/c1-7(2,3)8(4,5)6;1-2-4-6-5-3-1/h1-6H3;1-2H,3-6H2. The first kappa shape index (κ1) is 14.2. The molecule has 0 amide bonds. The van der Waals surface area contributed by atoms with Crippen molar-refractivity contribution in [2.75, 3.05) is 0 Å². The van der Waals surface area contributed by atoms with Crippen LogP contribution in [-0.4, -0.2) is 15.2 Å². The van der Waals surface area contributed by atoms with Crippen molar-refractivity contribution in [3.63, 3.8) is 0 Å². The normalized spacial score (nSPS) is 17.3. The summed E-state index contributed by atoms with van der Waals surface area (Å²) in [6.45, 7) is 14.8. The molecule has 0 saturated carbocycles. The Morgan fingerprint density at radius 3 is 1.00 bits per heavy atom. The maximum Gasteiger partial charge on any atom is 0.0379 e. The Kier molecular flexibility index (Phi) is 5.98. The van der Waals surface area contributed by atoms with Crippen molar-refractivity contribution in [3.05, 3.63) is 12.2 Å². The Morgan fingerprint density at radius 1 is 0.643 bits per heavy atom. The third-order valence-electron chi connectivity index (χ3n) is 3.41. The van der Waals surface area contributed by atoms with E-state index in [0.717, 1.165) is 0 Å². The highest BCUT2D eigenvalue weighted by atomic mass is 29.3. The summed E-state index contributed by atoms with van der Waals surface area (Å²) >= 11 is 0. The van der Waals surface area contributed by atoms with Gasteiger partial charge in [-0.3, -0.25) is 0 Å². The first-order chi connectivity index (χ1) is 6.25. The van der Waals surface area contributed by atoms with Gasteiger partial charge in [0.15, 0.2) is 0 Å². The van der Waals surface area contributed by atoms with Crippen LogP contribution in [0.2, 0.25) is 39.3 Å². The van der Waals surface area contributed by atoms with E-state index in [1.807, 2.05) is 0 Å². The van der Waals surface area contributed by atoms with E-state index < -0.39 is 15.2 Å². The van der Waals surface area contributed by atoms with Crippen molar-refractivity contribution in [1.82, 2.24) is 0 Å². The predicted octanol–water partition coefficient (Wildman–Crippen LogP) is 4.86. The van der Waals surface area contributed by atoms with Crippen LogP contribution in [0.15, 0.2) is 12.2 Å². The Balaban J connectivity index is 0.000000249. The third-order valence-corrected chi connectivity index (χ3v) is 21.4. The lowest BCUT2D eigenvalue weighted by Gasteiger charge is -2.30. The highest BCUT2D eigenvalue weighted by Gasteiger charge is 2.31. The summed E-state index contributed by atoms with van der Waals surface area (Å²) in [5.74, 6) is 0. The van der Waals surface area contributed by atoms with E-state index in [1.165, 1.54) is 25.7 Å². The monoisotopic (exact) mass is 228 g/mol. The van der Waals surface area contributed by atoms with Gasteiger partial charge in [-0.25, -0.2) is 0 Å². The van der Waals surface area contributed by atoms with E-state index >= 15 is 0 Å². The van der Waals surface area contributed by atoms with Crippen LogP contribution in [0.1, 0.15) is 25.7 Å². The maximum atomic E-state index is 2.47. The minimum absolute atomic E-state index is 0.720. The van der Waals surface area contributed by atoms with Crippen molar-refractivity contribution in [1.29, 1.82) is 0 Å². The number of allylic oxidation sites excluding steroid dienone is 2. The van der Waals surface area contributed by atoms with E-state index in [0.29, 0.717) is 0 Å². The molecule has 0 atom stereocenters. The summed E-state index contributed by atoms with van der Waals surface area (Å²) in [4.78, 5) is 0. The van der Waals surface area contributed by atoms with Gasteiger partial charge in [0.25, 0.3) is 0 Å². The number of hydrogen-bond donors (Lipinski definition) is 0. The average Bonchev–Trinajstić information content (AvgIpc) is 2.05. The van der Waals surface area contributed by atoms with Gasteiger partial charge in [-0.2, -0.15) is 0 Å². The molecule has 14 heavy (non-hydrogen) atoms. The number of rotatable bonds is 1. The SMILES string of the molecule is C1=CCCCC1.C[Si](C)(C)[Si](C)(C)C. The average molecular weight is 229 g/mol. The second-order valence-corrected chi connectivity index (χ2v) is 24.3. The van der Waals surface area contributed by atoms with Gasteiger partial charge in [0, 0.05) is 15.2 Å². The zero-order valence-corrected chi connectivity index (χ0v) is 13.0. The molecule has 0 bridgehead atoms. The van der Waals surface area contributed by atoms with Gasteiger partial charge >= 0.3 is 0 Å². The molecule has 84 valence electrons. The van der Waals surface area contributed by atoms with Crippen molar-refractivity contribution in [3.8, 4) is 0 Å². The Hall–Kier alpha value is 0.174. The molecule has 0 aromatic carbocycles. The fourth-order valence-electron chi connectivity index (χ4n) is 0.760.